The molecule has 2 saturated heterocycles. The smallest absolute Gasteiger partial charge is 0.420 e. The number of oxazole rings is 1. The molecule has 0 saturated carbocycles. The number of carbonyl (C=O) groups is 2. The second kappa shape index (κ2) is 13.5. The number of hydrogen-bond donors (Lipinski definition) is 0. The fourth-order valence-corrected chi connectivity index (χ4v) is 6.14. The summed E-state index contributed by atoms with van der Waals surface area (Å²) in [7, 11) is 0. The first-order chi connectivity index (χ1) is 22.5. The number of ketones is 1. The number of benzene rings is 2. The van der Waals surface area contributed by atoms with Gasteiger partial charge >= 0.3 is 6.18 Å². The van der Waals surface area contributed by atoms with Gasteiger partial charge in [0, 0.05) is 51.9 Å². The number of aryl methyl sites for hydroxylation is 1. The number of rotatable bonds is 8. The number of hydrogen-bond acceptors (Lipinski definition) is 7. The average molecular weight is 650 g/mol. The quantitative estimate of drug-likeness (QED) is 0.165. The van der Waals surface area contributed by atoms with E-state index in [0.29, 0.717) is 56.2 Å². The van der Waals surface area contributed by atoms with Crippen molar-refractivity contribution in [3.05, 3.63) is 106 Å². The molecule has 0 aliphatic carbocycles. The van der Waals surface area contributed by atoms with E-state index in [1.54, 1.807) is 40.1 Å². The van der Waals surface area contributed by atoms with Gasteiger partial charge in [-0.2, -0.15) is 18.2 Å². The lowest BCUT2D eigenvalue weighted by Gasteiger charge is -2.35. The van der Waals surface area contributed by atoms with E-state index in [9.17, 15) is 27.2 Å². The molecular weight excluding hydrogens is 614 g/mol. The van der Waals surface area contributed by atoms with Crippen molar-refractivity contribution in [2.24, 2.45) is 0 Å². The third-order valence-electron chi connectivity index (χ3n) is 8.88. The van der Waals surface area contributed by atoms with Gasteiger partial charge in [-0.15, -0.1) is 0 Å². The Morgan fingerprint density at radius 3 is 2.21 bits per heavy atom. The molecule has 12 heteroatoms. The Morgan fingerprint density at radius 2 is 1.57 bits per heavy atom. The molecule has 8 nitrogen and oxygen atoms in total. The van der Waals surface area contributed by atoms with Crippen molar-refractivity contribution in [3.63, 3.8) is 0 Å². The van der Waals surface area contributed by atoms with Crippen LogP contribution in [0, 0.1) is 12.7 Å². The maximum atomic E-state index is 14.0. The predicted molar refractivity (Wildman–Crippen MR) is 168 cm³/mol. The molecule has 47 heavy (non-hydrogen) atoms. The van der Waals surface area contributed by atoms with Gasteiger partial charge in [-0.1, -0.05) is 54.1 Å². The maximum absolute atomic E-state index is 14.0. The molecule has 2 aliphatic rings. The largest absolute Gasteiger partial charge is 0.437 e. The normalized spacial score (nSPS) is 16.1. The Kier molecular flexibility index (Phi) is 9.28. The van der Waals surface area contributed by atoms with Gasteiger partial charge in [0.05, 0.1) is 6.42 Å². The molecule has 6 rings (SSSR count). The van der Waals surface area contributed by atoms with E-state index in [-0.39, 0.29) is 30.7 Å². The lowest BCUT2D eigenvalue weighted by atomic mass is 9.89. The highest BCUT2D eigenvalue weighted by atomic mass is 19.4. The molecule has 0 radical (unpaired) electrons. The Morgan fingerprint density at radius 1 is 0.872 bits per heavy atom. The summed E-state index contributed by atoms with van der Waals surface area (Å²) >= 11 is 0. The Bertz CT molecular complexity index is 1710. The van der Waals surface area contributed by atoms with Crippen LogP contribution in [0.15, 0.2) is 71.3 Å². The summed E-state index contributed by atoms with van der Waals surface area (Å²) in [5.74, 6) is -1.28. The van der Waals surface area contributed by atoms with E-state index in [2.05, 4.69) is 34.2 Å². The van der Waals surface area contributed by atoms with Crippen molar-refractivity contribution in [1.82, 2.24) is 14.9 Å². The summed E-state index contributed by atoms with van der Waals surface area (Å²) in [6, 6.07) is 17.6. The number of anilines is 2. The number of alkyl halides is 3. The molecule has 0 N–H and O–H groups in total. The number of Topliss-reactive ketones (excluding diaryl/α,β-unsaturated/α-hetero) is 1. The van der Waals surface area contributed by atoms with Crippen LogP contribution in [0.5, 0.6) is 0 Å². The van der Waals surface area contributed by atoms with Crippen LogP contribution in [-0.2, 0) is 23.8 Å². The van der Waals surface area contributed by atoms with Gasteiger partial charge in [-0.3, -0.25) is 9.59 Å². The number of halogens is 4. The van der Waals surface area contributed by atoms with Crippen molar-refractivity contribution in [3.8, 4) is 0 Å². The number of aromatic nitrogens is 2. The van der Waals surface area contributed by atoms with Crippen LogP contribution in [-0.4, -0.2) is 65.8 Å². The lowest BCUT2D eigenvalue weighted by molar-refractivity contribution is -0.141. The molecule has 0 unspecified atom stereocenters. The van der Waals surface area contributed by atoms with E-state index in [0.717, 1.165) is 18.4 Å². The summed E-state index contributed by atoms with van der Waals surface area (Å²) in [5, 5.41) is 0. The minimum atomic E-state index is -4.85. The monoisotopic (exact) mass is 649 g/mol. The van der Waals surface area contributed by atoms with Crippen molar-refractivity contribution in [2.75, 3.05) is 49.1 Å². The van der Waals surface area contributed by atoms with Crippen LogP contribution in [0.4, 0.5) is 29.4 Å². The fourth-order valence-electron chi connectivity index (χ4n) is 6.14. The molecule has 4 aromatic rings. The van der Waals surface area contributed by atoms with E-state index < -0.39 is 29.2 Å². The molecule has 0 spiro atoms. The third kappa shape index (κ3) is 7.47. The Hall–Kier alpha value is -4.74. The first-order valence-electron chi connectivity index (χ1n) is 15.7. The van der Waals surface area contributed by atoms with Gasteiger partial charge in [0.15, 0.2) is 5.69 Å². The van der Waals surface area contributed by atoms with Crippen molar-refractivity contribution in [2.45, 2.75) is 44.7 Å². The van der Waals surface area contributed by atoms with Crippen LogP contribution in [0.25, 0.3) is 0 Å². The molecule has 2 aromatic heterocycles. The minimum absolute atomic E-state index is 0.0110. The van der Waals surface area contributed by atoms with Crippen LogP contribution in [0.1, 0.15) is 57.3 Å². The highest BCUT2D eigenvalue weighted by Crippen LogP contribution is 2.37. The number of piperidine rings is 1. The molecule has 2 fully saturated rings. The second-order valence-electron chi connectivity index (χ2n) is 12.1. The average Bonchev–Trinajstić information content (AvgIpc) is 3.54. The van der Waals surface area contributed by atoms with Crippen LogP contribution in [0.3, 0.4) is 0 Å². The third-order valence-corrected chi connectivity index (χ3v) is 8.88. The maximum Gasteiger partial charge on any atom is 0.437 e. The highest BCUT2D eigenvalue weighted by Gasteiger charge is 2.42. The minimum Gasteiger partial charge on any atom is -0.420 e. The molecule has 4 heterocycles. The van der Waals surface area contributed by atoms with Crippen molar-refractivity contribution < 1.29 is 31.6 Å². The van der Waals surface area contributed by atoms with Gasteiger partial charge in [0.2, 0.25) is 17.5 Å². The summed E-state index contributed by atoms with van der Waals surface area (Å²) in [5.41, 5.74) is 1.84. The SMILES string of the molecule is Cc1ccc(C2CCN(c3nc(C(F)(F)F)c(C(=O)Cc4ccc(N5CCN(C(=O)Cc6ccccc6F)CC5)nc4)o3)CC2)cc1. The number of carbonyl (C=O) groups excluding carboxylic acids is 2. The van der Waals surface area contributed by atoms with Gasteiger partial charge in [-0.25, -0.2) is 9.37 Å². The number of piperazine rings is 1. The van der Waals surface area contributed by atoms with Crippen LogP contribution in [0.2, 0.25) is 0 Å². The van der Waals surface area contributed by atoms with Crippen LogP contribution >= 0.6 is 0 Å². The number of pyridine rings is 1. The summed E-state index contributed by atoms with van der Waals surface area (Å²) < 4.78 is 61.4. The van der Waals surface area contributed by atoms with E-state index in [1.165, 1.54) is 17.8 Å². The second-order valence-corrected chi connectivity index (χ2v) is 12.1. The number of amides is 1. The fraction of sp³-hybridized carbons (Fsp3) is 0.371. The zero-order valence-electron chi connectivity index (χ0n) is 26.0. The van der Waals surface area contributed by atoms with E-state index in [1.807, 2.05) is 11.8 Å². The van der Waals surface area contributed by atoms with Crippen LogP contribution < -0.4 is 9.80 Å². The summed E-state index contributed by atoms with van der Waals surface area (Å²) in [4.78, 5) is 39.3. The van der Waals surface area contributed by atoms with E-state index in [4.69, 9.17) is 4.42 Å². The summed E-state index contributed by atoms with van der Waals surface area (Å²) in [6.07, 6.45) is -2.28. The zero-order chi connectivity index (χ0) is 33.1. The van der Waals surface area contributed by atoms with E-state index >= 15 is 0 Å². The molecule has 2 aliphatic heterocycles. The van der Waals surface area contributed by atoms with Gasteiger partial charge < -0.3 is 19.1 Å². The molecule has 1 amide bonds. The van der Waals surface area contributed by atoms with Gasteiger partial charge in [0.1, 0.15) is 11.6 Å². The van der Waals surface area contributed by atoms with Crippen molar-refractivity contribution >= 4 is 23.5 Å². The first-order valence-corrected chi connectivity index (χ1v) is 15.7. The van der Waals surface area contributed by atoms with Gasteiger partial charge in [-0.05, 0) is 54.5 Å². The molecule has 2 aromatic carbocycles. The zero-order valence-corrected chi connectivity index (χ0v) is 26.0. The standard InChI is InChI=1S/C35H35F4N5O3/c1-23-6-9-25(10-7-23)26-12-14-44(15-13-26)34-41-33(35(37,38)39)32(47-34)29(45)20-24-8-11-30(40-22-24)42-16-18-43(19-17-42)31(46)21-27-4-2-3-5-28(27)36/h2-11,22,26H,12-21H2,1H3. The molecule has 0 atom stereocenters. The summed E-state index contributed by atoms with van der Waals surface area (Å²) in [6.45, 7) is 4.83. The number of nitrogens with zero attached hydrogens (tertiary/aromatic N) is 5. The predicted octanol–water partition coefficient (Wildman–Crippen LogP) is 6.24. The molecular formula is C35H35F4N5O3. The van der Waals surface area contributed by atoms with Gasteiger partial charge in [0.25, 0.3) is 6.01 Å². The molecule has 246 valence electrons. The first kappa shape index (κ1) is 32.2. The van der Waals surface area contributed by atoms with Crippen molar-refractivity contribution in [1.29, 1.82) is 0 Å². The topological polar surface area (TPSA) is 82.8 Å². The lowest BCUT2D eigenvalue weighted by Crippen LogP contribution is -2.49. The Labute approximate surface area is 270 Å². The molecule has 0 bridgehead atoms. The Balaban J connectivity index is 1.05. The highest BCUT2D eigenvalue weighted by molar-refractivity contribution is 5.96.